The summed E-state index contributed by atoms with van der Waals surface area (Å²) in [5, 5.41) is 6.24. The van der Waals surface area contributed by atoms with Gasteiger partial charge in [0.25, 0.3) is 5.91 Å². The first-order valence-corrected chi connectivity index (χ1v) is 6.61. The van der Waals surface area contributed by atoms with E-state index in [1.165, 1.54) is 6.20 Å². The van der Waals surface area contributed by atoms with E-state index in [9.17, 15) is 4.79 Å². The SMILES string of the molecule is CNc1cc(C(=O)NC2(C)CCOC2C)c(Cl)cn1. The zero-order valence-electron chi connectivity index (χ0n) is 11.3. The first-order valence-electron chi connectivity index (χ1n) is 6.23. The van der Waals surface area contributed by atoms with Gasteiger partial charge >= 0.3 is 0 Å². The molecule has 1 saturated heterocycles. The number of amides is 1. The van der Waals surface area contributed by atoms with Gasteiger partial charge in [0.2, 0.25) is 0 Å². The molecule has 5 nitrogen and oxygen atoms in total. The Morgan fingerprint density at radius 1 is 1.63 bits per heavy atom. The molecule has 1 aromatic rings. The van der Waals surface area contributed by atoms with Crippen LogP contribution in [0.1, 0.15) is 30.6 Å². The van der Waals surface area contributed by atoms with Gasteiger partial charge in [0, 0.05) is 19.9 Å². The van der Waals surface area contributed by atoms with Crippen LogP contribution in [0.25, 0.3) is 0 Å². The van der Waals surface area contributed by atoms with Crippen LogP contribution in [0.2, 0.25) is 5.02 Å². The third-order valence-electron chi connectivity index (χ3n) is 3.64. The van der Waals surface area contributed by atoms with Gasteiger partial charge in [-0.15, -0.1) is 0 Å². The van der Waals surface area contributed by atoms with Gasteiger partial charge in [0.05, 0.1) is 22.2 Å². The molecule has 0 aliphatic carbocycles. The van der Waals surface area contributed by atoms with E-state index in [1.807, 2.05) is 13.8 Å². The van der Waals surface area contributed by atoms with Crippen LogP contribution in [0.3, 0.4) is 0 Å². The lowest BCUT2D eigenvalue weighted by molar-refractivity contribution is 0.0727. The van der Waals surface area contributed by atoms with Gasteiger partial charge in [-0.3, -0.25) is 4.79 Å². The third kappa shape index (κ3) is 2.82. The maximum atomic E-state index is 12.3. The molecular weight excluding hydrogens is 266 g/mol. The van der Waals surface area contributed by atoms with Crippen molar-refractivity contribution in [3.63, 3.8) is 0 Å². The molecule has 0 bridgehead atoms. The van der Waals surface area contributed by atoms with E-state index in [0.717, 1.165) is 6.42 Å². The number of pyridine rings is 1. The lowest BCUT2D eigenvalue weighted by Crippen LogP contribution is -2.50. The molecule has 2 atom stereocenters. The Labute approximate surface area is 117 Å². The fraction of sp³-hybridized carbons (Fsp3) is 0.538. The summed E-state index contributed by atoms with van der Waals surface area (Å²) in [6.45, 7) is 4.60. The van der Waals surface area contributed by atoms with E-state index in [4.69, 9.17) is 16.3 Å². The number of nitrogens with one attached hydrogen (secondary N) is 2. The van der Waals surface area contributed by atoms with Gasteiger partial charge in [0.1, 0.15) is 5.82 Å². The number of halogens is 1. The summed E-state index contributed by atoms with van der Waals surface area (Å²) in [5.74, 6) is 0.402. The Kier molecular flexibility index (Phi) is 3.96. The third-order valence-corrected chi connectivity index (χ3v) is 3.94. The maximum Gasteiger partial charge on any atom is 0.253 e. The lowest BCUT2D eigenvalue weighted by Gasteiger charge is -2.29. The second-order valence-corrected chi connectivity index (χ2v) is 5.34. The Hall–Kier alpha value is -1.33. The van der Waals surface area contributed by atoms with E-state index in [1.54, 1.807) is 13.1 Å². The second-order valence-electron chi connectivity index (χ2n) is 4.93. The van der Waals surface area contributed by atoms with Gasteiger partial charge < -0.3 is 15.4 Å². The number of ether oxygens (including phenoxy) is 1. The molecule has 6 heteroatoms. The summed E-state index contributed by atoms with van der Waals surface area (Å²) >= 11 is 6.03. The fourth-order valence-electron chi connectivity index (χ4n) is 2.08. The molecule has 0 aromatic carbocycles. The zero-order chi connectivity index (χ0) is 14.0. The Balaban J connectivity index is 2.20. The molecule has 0 saturated carbocycles. The molecule has 1 aliphatic heterocycles. The number of carbonyl (C=O) groups is 1. The first-order chi connectivity index (χ1) is 8.96. The first kappa shape index (κ1) is 14.1. The van der Waals surface area contributed by atoms with E-state index in [0.29, 0.717) is 23.0 Å². The van der Waals surface area contributed by atoms with Crippen LogP contribution in [0.15, 0.2) is 12.3 Å². The van der Waals surface area contributed by atoms with Crippen LogP contribution < -0.4 is 10.6 Å². The number of nitrogens with zero attached hydrogens (tertiary/aromatic N) is 1. The average molecular weight is 284 g/mol. The van der Waals surface area contributed by atoms with Gasteiger partial charge in [-0.05, 0) is 26.3 Å². The van der Waals surface area contributed by atoms with Crippen molar-refractivity contribution in [3.05, 3.63) is 22.8 Å². The highest BCUT2D eigenvalue weighted by Crippen LogP contribution is 2.26. The zero-order valence-corrected chi connectivity index (χ0v) is 12.0. The van der Waals surface area contributed by atoms with E-state index < -0.39 is 0 Å². The fourth-order valence-corrected chi connectivity index (χ4v) is 2.26. The molecule has 1 aliphatic rings. The van der Waals surface area contributed by atoms with E-state index in [2.05, 4.69) is 15.6 Å². The molecule has 0 radical (unpaired) electrons. The van der Waals surface area contributed by atoms with Crippen LogP contribution >= 0.6 is 11.6 Å². The van der Waals surface area contributed by atoms with Crippen molar-refractivity contribution >= 4 is 23.3 Å². The minimum absolute atomic E-state index is 0.0131. The normalized spacial score (nSPS) is 26.2. The van der Waals surface area contributed by atoms with Crippen molar-refractivity contribution in [2.45, 2.75) is 31.9 Å². The standard InChI is InChI=1S/C13H18ClN3O2/c1-8-13(2,4-5-19-8)17-12(18)9-6-11(15-3)16-7-10(9)14/h6-8H,4-5H2,1-3H3,(H,15,16)(H,17,18). The van der Waals surface area contributed by atoms with Crippen LogP contribution in [0.5, 0.6) is 0 Å². The molecule has 2 rings (SSSR count). The van der Waals surface area contributed by atoms with Gasteiger partial charge in [0.15, 0.2) is 0 Å². The highest BCUT2D eigenvalue weighted by atomic mass is 35.5. The Bertz CT molecular complexity index is 495. The largest absolute Gasteiger partial charge is 0.376 e. The predicted octanol–water partition coefficient (Wildman–Crippen LogP) is 2.07. The number of hydrogen-bond donors (Lipinski definition) is 2. The van der Waals surface area contributed by atoms with Crippen molar-refractivity contribution in [3.8, 4) is 0 Å². The Morgan fingerprint density at radius 3 is 2.95 bits per heavy atom. The highest BCUT2D eigenvalue weighted by Gasteiger charge is 2.38. The highest BCUT2D eigenvalue weighted by molar-refractivity contribution is 6.33. The van der Waals surface area contributed by atoms with Crippen molar-refractivity contribution in [2.24, 2.45) is 0 Å². The van der Waals surface area contributed by atoms with E-state index >= 15 is 0 Å². The van der Waals surface area contributed by atoms with Crippen LogP contribution in [0.4, 0.5) is 5.82 Å². The van der Waals surface area contributed by atoms with Crippen molar-refractivity contribution in [1.82, 2.24) is 10.3 Å². The van der Waals surface area contributed by atoms with Gasteiger partial charge in [-0.2, -0.15) is 0 Å². The molecule has 0 spiro atoms. The molecule has 19 heavy (non-hydrogen) atoms. The number of carbonyl (C=O) groups excluding carboxylic acids is 1. The molecule has 1 fully saturated rings. The predicted molar refractivity (Wildman–Crippen MR) is 74.7 cm³/mol. The van der Waals surface area contributed by atoms with Crippen LogP contribution in [-0.4, -0.2) is 36.2 Å². The number of anilines is 1. The number of aromatic nitrogens is 1. The van der Waals surface area contributed by atoms with Crippen LogP contribution in [0, 0.1) is 0 Å². The van der Waals surface area contributed by atoms with E-state index in [-0.39, 0.29) is 17.6 Å². The minimum Gasteiger partial charge on any atom is -0.376 e. The molecular formula is C13H18ClN3O2. The summed E-state index contributed by atoms with van der Waals surface area (Å²) in [5.41, 5.74) is 0.0603. The minimum atomic E-state index is -0.358. The molecule has 2 unspecified atom stereocenters. The van der Waals surface area contributed by atoms with Crippen molar-refractivity contribution in [2.75, 3.05) is 19.0 Å². The quantitative estimate of drug-likeness (QED) is 0.891. The molecule has 2 heterocycles. The van der Waals surface area contributed by atoms with Gasteiger partial charge in [-0.25, -0.2) is 4.98 Å². The molecule has 104 valence electrons. The van der Waals surface area contributed by atoms with Crippen LogP contribution in [-0.2, 0) is 4.74 Å². The summed E-state index contributed by atoms with van der Waals surface area (Å²) in [6.07, 6.45) is 2.25. The summed E-state index contributed by atoms with van der Waals surface area (Å²) in [4.78, 5) is 16.4. The van der Waals surface area contributed by atoms with Crippen molar-refractivity contribution in [1.29, 1.82) is 0 Å². The summed E-state index contributed by atoms with van der Waals surface area (Å²) in [6, 6.07) is 1.64. The maximum absolute atomic E-state index is 12.3. The lowest BCUT2D eigenvalue weighted by atomic mass is 9.94. The molecule has 2 N–H and O–H groups in total. The second kappa shape index (κ2) is 5.35. The smallest absolute Gasteiger partial charge is 0.253 e. The monoisotopic (exact) mass is 283 g/mol. The Morgan fingerprint density at radius 2 is 2.37 bits per heavy atom. The summed E-state index contributed by atoms with van der Waals surface area (Å²) < 4.78 is 5.51. The number of rotatable bonds is 3. The van der Waals surface area contributed by atoms with Gasteiger partial charge in [-0.1, -0.05) is 11.6 Å². The van der Waals surface area contributed by atoms with Crippen molar-refractivity contribution < 1.29 is 9.53 Å². The molecule has 1 aromatic heterocycles. The topological polar surface area (TPSA) is 63.2 Å². The molecule has 1 amide bonds. The average Bonchev–Trinajstić information content (AvgIpc) is 2.69. The number of hydrogen-bond acceptors (Lipinski definition) is 4. The summed E-state index contributed by atoms with van der Waals surface area (Å²) in [7, 11) is 1.74.